The van der Waals surface area contributed by atoms with Crippen molar-refractivity contribution >= 4 is 16.7 Å². The van der Waals surface area contributed by atoms with Crippen LogP contribution in [-0.4, -0.2) is 21.8 Å². The number of carbonyl (C=O) groups excluding carboxylic acids is 1. The van der Waals surface area contributed by atoms with Gasteiger partial charge in [0.25, 0.3) is 5.91 Å². The fourth-order valence-electron chi connectivity index (χ4n) is 4.00. The number of aromatic nitrogens is 2. The van der Waals surface area contributed by atoms with Gasteiger partial charge in [0.05, 0.1) is 5.69 Å². The number of benzene rings is 2. The van der Waals surface area contributed by atoms with E-state index in [0.717, 1.165) is 35.0 Å². The van der Waals surface area contributed by atoms with Gasteiger partial charge in [-0.05, 0) is 62.1 Å². The molecule has 0 aliphatic rings. The average Bonchev–Trinajstić information content (AvgIpc) is 3.03. The Kier molecular flexibility index (Phi) is 7.67. The Hall–Kier alpha value is -2.62. The predicted molar refractivity (Wildman–Crippen MR) is 123 cm³/mol. The highest BCUT2D eigenvalue weighted by molar-refractivity contribution is 5.85. The van der Waals surface area contributed by atoms with E-state index in [-0.39, 0.29) is 5.91 Å². The minimum atomic E-state index is -0.606. The van der Waals surface area contributed by atoms with Gasteiger partial charge < -0.3 is 4.74 Å². The van der Waals surface area contributed by atoms with E-state index in [1.807, 2.05) is 50.2 Å². The van der Waals surface area contributed by atoms with E-state index in [1.165, 1.54) is 42.3 Å². The second-order valence-electron chi connectivity index (χ2n) is 8.19. The minimum Gasteiger partial charge on any atom is -0.481 e. The summed E-state index contributed by atoms with van der Waals surface area (Å²) in [6.07, 6.45) is 7.95. The van der Waals surface area contributed by atoms with Crippen molar-refractivity contribution < 1.29 is 9.53 Å². The number of hydrogen-bond donors (Lipinski definition) is 0. The molecule has 0 aliphatic carbocycles. The van der Waals surface area contributed by atoms with Crippen LogP contribution < -0.4 is 4.74 Å². The van der Waals surface area contributed by atoms with Crippen molar-refractivity contribution in [2.75, 3.05) is 0 Å². The van der Waals surface area contributed by atoms with Crippen LogP contribution in [0.2, 0.25) is 0 Å². The molecular formula is C26H34N2O2. The van der Waals surface area contributed by atoms with Crippen LogP contribution in [0.3, 0.4) is 0 Å². The molecule has 3 rings (SSSR count). The molecule has 0 radical (unpaired) electrons. The summed E-state index contributed by atoms with van der Waals surface area (Å²) in [6, 6.07) is 14.0. The van der Waals surface area contributed by atoms with E-state index in [0.29, 0.717) is 5.75 Å². The predicted octanol–water partition coefficient (Wildman–Crippen LogP) is 6.66. The normalized spacial score (nSPS) is 12.3. The number of aryl methyl sites for hydroxylation is 1. The van der Waals surface area contributed by atoms with Crippen LogP contribution in [0.5, 0.6) is 5.75 Å². The van der Waals surface area contributed by atoms with Crippen LogP contribution in [-0.2, 0) is 6.42 Å². The molecule has 0 saturated carbocycles. The molecule has 1 aromatic heterocycles. The second-order valence-corrected chi connectivity index (χ2v) is 8.19. The molecule has 160 valence electrons. The van der Waals surface area contributed by atoms with Crippen molar-refractivity contribution in [3.05, 3.63) is 59.4 Å². The van der Waals surface area contributed by atoms with Crippen molar-refractivity contribution in [3.63, 3.8) is 0 Å². The third-order valence-electron chi connectivity index (χ3n) is 5.81. The maximum atomic E-state index is 13.0. The lowest BCUT2D eigenvalue weighted by Gasteiger charge is -2.15. The van der Waals surface area contributed by atoms with Crippen molar-refractivity contribution in [3.8, 4) is 5.75 Å². The molecule has 1 atom stereocenters. The molecule has 0 amide bonds. The third-order valence-corrected chi connectivity index (χ3v) is 5.81. The van der Waals surface area contributed by atoms with Gasteiger partial charge in [-0.25, -0.2) is 4.68 Å². The topological polar surface area (TPSA) is 44.1 Å². The fourth-order valence-corrected chi connectivity index (χ4v) is 4.00. The Morgan fingerprint density at radius 1 is 1.00 bits per heavy atom. The van der Waals surface area contributed by atoms with Crippen LogP contribution >= 0.6 is 0 Å². The SMILES string of the molecule is CCCCCCCCc1c(C)nn(C(=O)C(C)Oc2ccc3ccccc3c2)c1C. The molecule has 1 unspecified atom stereocenters. The molecule has 0 spiro atoms. The first-order chi connectivity index (χ1) is 14.5. The van der Waals surface area contributed by atoms with Gasteiger partial charge >= 0.3 is 0 Å². The number of fused-ring (bicyclic) bond motifs is 1. The quantitative estimate of drug-likeness (QED) is 0.353. The molecule has 30 heavy (non-hydrogen) atoms. The summed E-state index contributed by atoms with van der Waals surface area (Å²) in [4.78, 5) is 13.0. The van der Waals surface area contributed by atoms with Crippen LogP contribution in [0, 0.1) is 13.8 Å². The zero-order valence-corrected chi connectivity index (χ0v) is 18.8. The summed E-state index contributed by atoms with van der Waals surface area (Å²) in [5.41, 5.74) is 3.10. The van der Waals surface area contributed by atoms with Crippen molar-refractivity contribution in [1.82, 2.24) is 9.78 Å². The Balaban J connectivity index is 1.63. The molecule has 2 aromatic carbocycles. The molecule has 4 heteroatoms. The molecule has 0 fully saturated rings. The van der Waals surface area contributed by atoms with Gasteiger partial charge in [-0.3, -0.25) is 4.79 Å². The van der Waals surface area contributed by atoms with E-state index < -0.39 is 6.10 Å². The highest BCUT2D eigenvalue weighted by Crippen LogP contribution is 2.23. The van der Waals surface area contributed by atoms with E-state index >= 15 is 0 Å². The van der Waals surface area contributed by atoms with Crippen molar-refractivity contribution in [1.29, 1.82) is 0 Å². The smallest absolute Gasteiger partial charge is 0.287 e. The average molecular weight is 407 g/mol. The summed E-state index contributed by atoms with van der Waals surface area (Å²) in [7, 11) is 0. The monoisotopic (exact) mass is 406 g/mol. The molecule has 3 aromatic rings. The molecule has 4 nitrogen and oxygen atoms in total. The minimum absolute atomic E-state index is 0.127. The fraction of sp³-hybridized carbons (Fsp3) is 0.462. The molecule has 0 aliphatic heterocycles. The van der Waals surface area contributed by atoms with Crippen LogP contribution in [0.25, 0.3) is 10.8 Å². The zero-order valence-electron chi connectivity index (χ0n) is 18.8. The molecule has 0 N–H and O–H groups in total. The second kappa shape index (κ2) is 10.4. The van der Waals surface area contributed by atoms with Crippen molar-refractivity contribution in [2.45, 2.75) is 78.7 Å². The molecule has 0 bridgehead atoms. The Bertz CT molecular complexity index is 990. The highest BCUT2D eigenvalue weighted by atomic mass is 16.5. The number of nitrogens with zero attached hydrogens (tertiary/aromatic N) is 2. The Morgan fingerprint density at radius 2 is 1.70 bits per heavy atom. The number of unbranched alkanes of at least 4 members (excludes halogenated alkanes) is 5. The van der Waals surface area contributed by atoms with Crippen LogP contribution in [0.1, 0.15) is 74.1 Å². The largest absolute Gasteiger partial charge is 0.481 e. The Morgan fingerprint density at radius 3 is 2.47 bits per heavy atom. The number of rotatable bonds is 10. The number of hydrogen-bond acceptors (Lipinski definition) is 3. The summed E-state index contributed by atoms with van der Waals surface area (Å²) < 4.78 is 7.50. The number of carbonyl (C=O) groups is 1. The van der Waals surface area contributed by atoms with Crippen LogP contribution in [0.4, 0.5) is 0 Å². The van der Waals surface area contributed by atoms with Gasteiger partial charge in [-0.15, -0.1) is 0 Å². The van der Waals surface area contributed by atoms with Crippen molar-refractivity contribution in [2.24, 2.45) is 0 Å². The summed E-state index contributed by atoms with van der Waals surface area (Å²) in [6.45, 7) is 8.02. The van der Waals surface area contributed by atoms with E-state index in [9.17, 15) is 4.79 Å². The summed E-state index contributed by atoms with van der Waals surface area (Å²) in [5, 5.41) is 6.79. The van der Waals surface area contributed by atoms with E-state index in [1.54, 1.807) is 6.92 Å². The van der Waals surface area contributed by atoms with Gasteiger partial charge in [0, 0.05) is 5.69 Å². The molecular weight excluding hydrogens is 372 g/mol. The lowest BCUT2D eigenvalue weighted by atomic mass is 10.0. The molecule has 0 saturated heterocycles. The third kappa shape index (κ3) is 5.29. The lowest BCUT2D eigenvalue weighted by Crippen LogP contribution is -2.30. The summed E-state index contributed by atoms with van der Waals surface area (Å²) in [5.74, 6) is 0.571. The maximum absolute atomic E-state index is 13.0. The first kappa shape index (κ1) is 22.1. The number of ether oxygens (including phenoxy) is 1. The zero-order chi connectivity index (χ0) is 21.5. The van der Waals surface area contributed by atoms with Gasteiger partial charge in [-0.2, -0.15) is 5.10 Å². The first-order valence-corrected chi connectivity index (χ1v) is 11.3. The van der Waals surface area contributed by atoms with E-state index in [4.69, 9.17) is 4.74 Å². The standard InChI is InChI=1S/C26H34N2O2/c1-5-6-7-8-9-10-15-25-19(2)27-28(20(25)3)26(29)21(4)30-24-17-16-22-13-11-12-14-23(22)18-24/h11-14,16-18,21H,5-10,15H2,1-4H3. The van der Waals surface area contributed by atoms with E-state index in [2.05, 4.69) is 18.1 Å². The van der Waals surface area contributed by atoms with Crippen LogP contribution in [0.15, 0.2) is 42.5 Å². The molecule has 1 heterocycles. The van der Waals surface area contributed by atoms with Gasteiger partial charge in [0.1, 0.15) is 5.75 Å². The highest BCUT2D eigenvalue weighted by Gasteiger charge is 2.22. The summed E-state index contributed by atoms with van der Waals surface area (Å²) >= 11 is 0. The van der Waals surface area contributed by atoms with Gasteiger partial charge in [-0.1, -0.05) is 69.4 Å². The lowest BCUT2D eigenvalue weighted by molar-refractivity contribution is 0.0707. The maximum Gasteiger partial charge on any atom is 0.287 e. The van der Waals surface area contributed by atoms with Gasteiger partial charge in [0.2, 0.25) is 0 Å². The van der Waals surface area contributed by atoms with Gasteiger partial charge in [0.15, 0.2) is 6.10 Å². The first-order valence-electron chi connectivity index (χ1n) is 11.3. The Labute approximate surface area is 180 Å².